The van der Waals surface area contributed by atoms with Gasteiger partial charge in [0.2, 0.25) is 5.91 Å². The number of fused-ring (bicyclic) bond motifs is 1. The van der Waals surface area contributed by atoms with Crippen molar-refractivity contribution in [2.24, 2.45) is 0 Å². The molecule has 1 aromatic heterocycles. The molecular weight excluding hydrogens is 412 g/mol. The summed E-state index contributed by atoms with van der Waals surface area (Å²) in [6, 6.07) is 6.91. The first-order chi connectivity index (χ1) is 14.4. The molecule has 0 saturated carbocycles. The number of ether oxygens (including phenoxy) is 2. The zero-order chi connectivity index (χ0) is 22.8. The molecule has 0 aliphatic carbocycles. The topological polar surface area (TPSA) is 76.9 Å². The normalized spacial score (nSPS) is 15.6. The van der Waals surface area contributed by atoms with Crippen molar-refractivity contribution in [2.75, 3.05) is 31.1 Å². The molecule has 2 heterocycles. The minimum atomic E-state index is -1.13. The number of carbonyl (C=O) groups excluding carboxylic acids is 2. The largest absolute Gasteiger partial charge is 0.444 e. The van der Waals surface area contributed by atoms with Gasteiger partial charge in [0.25, 0.3) is 0 Å². The van der Waals surface area contributed by atoms with E-state index >= 15 is 0 Å². The number of para-hydroxylation sites is 1. The first-order valence-electron chi connectivity index (χ1n) is 10.7. The molecule has 0 spiro atoms. The van der Waals surface area contributed by atoms with Gasteiger partial charge in [-0.15, -0.1) is 0 Å². The number of aromatic nitrogens is 2. The van der Waals surface area contributed by atoms with Crippen LogP contribution < -0.4 is 4.90 Å². The number of imidazole rings is 1. The Morgan fingerprint density at radius 1 is 1.19 bits per heavy atom. The summed E-state index contributed by atoms with van der Waals surface area (Å²) in [6.45, 7) is 14.4. The summed E-state index contributed by atoms with van der Waals surface area (Å²) in [7, 11) is -1.13. The molecule has 2 amide bonds. The van der Waals surface area contributed by atoms with Gasteiger partial charge in [-0.25, -0.2) is 9.78 Å². The first-order valence-corrected chi connectivity index (χ1v) is 14.5. The van der Waals surface area contributed by atoms with Gasteiger partial charge in [-0.1, -0.05) is 25.7 Å². The Morgan fingerprint density at radius 2 is 1.94 bits per heavy atom. The summed E-state index contributed by atoms with van der Waals surface area (Å²) in [6.07, 6.45) is 1.29. The lowest BCUT2D eigenvalue weighted by Crippen LogP contribution is -2.53. The highest BCUT2D eigenvalue weighted by molar-refractivity contribution is 6.76. The number of piperazine rings is 1. The van der Waals surface area contributed by atoms with Crippen LogP contribution in [-0.4, -0.2) is 66.4 Å². The first kappa shape index (κ1) is 23.3. The van der Waals surface area contributed by atoms with Gasteiger partial charge in [0.1, 0.15) is 24.4 Å². The molecule has 0 N–H and O–H groups in total. The molecule has 8 nitrogen and oxygen atoms in total. The molecule has 31 heavy (non-hydrogen) atoms. The van der Waals surface area contributed by atoms with Crippen LogP contribution in [0.4, 0.5) is 10.5 Å². The smallest absolute Gasteiger partial charge is 0.410 e. The molecule has 170 valence electrons. The predicted molar refractivity (Wildman–Crippen MR) is 124 cm³/mol. The van der Waals surface area contributed by atoms with Crippen LogP contribution in [0.15, 0.2) is 24.5 Å². The Bertz CT molecular complexity index is 945. The Labute approximate surface area is 185 Å². The van der Waals surface area contributed by atoms with Gasteiger partial charge in [-0.2, -0.15) is 0 Å². The van der Waals surface area contributed by atoms with E-state index < -0.39 is 19.8 Å². The van der Waals surface area contributed by atoms with E-state index in [0.717, 1.165) is 29.4 Å². The monoisotopic (exact) mass is 446 g/mol. The third-order valence-corrected chi connectivity index (χ3v) is 6.72. The molecule has 1 saturated heterocycles. The van der Waals surface area contributed by atoms with Crippen LogP contribution in [0, 0.1) is 0 Å². The minimum Gasteiger partial charge on any atom is -0.444 e. The second kappa shape index (κ2) is 9.00. The van der Waals surface area contributed by atoms with Crippen molar-refractivity contribution in [2.45, 2.75) is 58.8 Å². The number of hydrogen-bond acceptors (Lipinski definition) is 5. The van der Waals surface area contributed by atoms with Crippen molar-refractivity contribution >= 4 is 36.8 Å². The molecule has 9 heteroatoms. The molecule has 0 bridgehead atoms. The van der Waals surface area contributed by atoms with E-state index in [9.17, 15) is 9.59 Å². The van der Waals surface area contributed by atoms with E-state index in [1.165, 1.54) is 4.90 Å². The van der Waals surface area contributed by atoms with Crippen molar-refractivity contribution in [1.29, 1.82) is 0 Å². The maximum absolute atomic E-state index is 12.9. The van der Waals surface area contributed by atoms with Crippen molar-refractivity contribution < 1.29 is 19.1 Å². The summed E-state index contributed by atoms with van der Waals surface area (Å²) in [4.78, 5) is 32.9. The average molecular weight is 447 g/mol. The fourth-order valence-corrected chi connectivity index (χ4v) is 4.10. The van der Waals surface area contributed by atoms with Gasteiger partial charge >= 0.3 is 6.09 Å². The Morgan fingerprint density at radius 3 is 2.58 bits per heavy atom. The highest BCUT2D eigenvalue weighted by atomic mass is 28.3. The predicted octanol–water partition coefficient (Wildman–Crippen LogP) is 3.93. The number of nitrogens with zero attached hydrogens (tertiary/aromatic N) is 4. The molecular formula is C22H34N4O4Si. The van der Waals surface area contributed by atoms with Crippen molar-refractivity contribution in [3.8, 4) is 0 Å². The summed E-state index contributed by atoms with van der Waals surface area (Å²) < 4.78 is 13.2. The Balaban J connectivity index is 1.69. The van der Waals surface area contributed by atoms with Crippen LogP contribution in [0.1, 0.15) is 20.8 Å². The van der Waals surface area contributed by atoms with Crippen molar-refractivity contribution in [3.05, 3.63) is 24.5 Å². The van der Waals surface area contributed by atoms with Gasteiger partial charge in [0.05, 0.1) is 17.5 Å². The quantitative estimate of drug-likeness (QED) is 0.496. The van der Waals surface area contributed by atoms with Gasteiger partial charge in [0, 0.05) is 27.8 Å². The molecule has 0 radical (unpaired) electrons. The maximum Gasteiger partial charge on any atom is 0.410 e. The maximum atomic E-state index is 12.9. The van der Waals surface area contributed by atoms with Gasteiger partial charge in [-0.3, -0.25) is 9.69 Å². The van der Waals surface area contributed by atoms with E-state index in [1.807, 2.05) is 43.5 Å². The minimum absolute atomic E-state index is 0.00812. The fraction of sp³-hybridized carbons (Fsp3) is 0.591. The van der Waals surface area contributed by atoms with Gasteiger partial charge in [0.15, 0.2) is 0 Å². The number of rotatable bonds is 6. The van der Waals surface area contributed by atoms with E-state index in [1.54, 1.807) is 11.2 Å². The number of hydrogen-bond donors (Lipinski definition) is 0. The van der Waals surface area contributed by atoms with E-state index in [-0.39, 0.29) is 12.5 Å². The van der Waals surface area contributed by atoms with E-state index in [2.05, 4.69) is 24.6 Å². The molecule has 1 aliphatic rings. The van der Waals surface area contributed by atoms with Crippen LogP contribution in [-0.2, 0) is 21.0 Å². The zero-order valence-electron chi connectivity index (χ0n) is 19.5. The summed E-state index contributed by atoms with van der Waals surface area (Å²) in [5, 5.41) is 0. The summed E-state index contributed by atoms with van der Waals surface area (Å²) >= 11 is 0. The number of amides is 2. The lowest BCUT2D eigenvalue weighted by molar-refractivity contribution is -0.121. The fourth-order valence-electron chi connectivity index (χ4n) is 3.35. The second-order valence-corrected chi connectivity index (χ2v) is 15.8. The van der Waals surface area contributed by atoms with E-state index in [0.29, 0.717) is 19.8 Å². The second-order valence-electron chi connectivity index (χ2n) is 10.2. The third-order valence-electron chi connectivity index (χ3n) is 5.02. The SMILES string of the molecule is CC(C)(C)OC(=O)N1CCN(c2cccc3c2ncn3COCC[Si](C)(C)C)C(=O)C1. The molecule has 1 aliphatic heterocycles. The molecule has 0 atom stereocenters. The summed E-state index contributed by atoms with van der Waals surface area (Å²) in [5.74, 6) is -0.148. The molecule has 1 aromatic carbocycles. The highest BCUT2D eigenvalue weighted by Crippen LogP contribution is 2.27. The number of anilines is 1. The van der Waals surface area contributed by atoms with Crippen molar-refractivity contribution in [3.63, 3.8) is 0 Å². The number of carbonyl (C=O) groups is 2. The van der Waals surface area contributed by atoms with Gasteiger partial charge in [-0.05, 0) is 38.9 Å². The highest BCUT2D eigenvalue weighted by Gasteiger charge is 2.32. The molecule has 0 unspecified atom stereocenters. The molecule has 1 fully saturated rings. The molecule has 2 aromatic rings. The lowest BCUT2D eigenvalue weighted by atomic mass is 10.2. The van der Waals surface area contributed by atoms with Crippen LogP contribution in [0.2, 0.25) is 25.7 Å². The van der Waals surface area contributed by atoms with Crippen LogP contribution in [0.3, 0.4) is 0 Å². The Kier molecular flexibility index (Phi) is 6.75. The van der Waals surface area contributed by atoms with Crippen LogP contribution >= 0.6 is 0 Å². The van der Waals surface area contributed by atoms with Gasteiger partial charge < -0.3 is 18.9 Å². The lowest BCUT2D eigenvalue weighted by Gasteiger charge is -2.35. The van der Waals surface area contributed by atoms with Crippen LogP contribution in [0.25, 0.3) is 11.0 Å². The van der Waals surface area contributed by atoms with Crippen molar-refractivity contribution in [1.82, 2.24) is 14.5 Å². The zero-order valence-corrected chi connectivity index (χ0v) is 20.5. The third kappa shape index (κ3) is 6.07. The summed E-state index contributed by atoms with van der Waals surface area (Å²) in [5.41, 5.74) is 1.85. The Hall–Kier alpha value is -2.39. The van der Waals surface area contributed by atoms with Crippen LogP contribution in [0.5, 0.6) is 0 Å². The van der Waals surface area contributed by atoms with E-state index in [4.69, 9.17) is 9.47 Å². The number of benzene rings is 1. The standard InChI is InChI=1S/C22H34N4O4Si/c1-22(2,3)30-21(28)24-10-11-26(19(27)14-24)18-9-7-8-17-20(18)23-15-25(17)16-29-12-13-31(4,5)6/h7-9,15H,10-14,16H2,1-6H3. The average Bonchev–Trinajstić information content (AvgIpc) is 3.06. The molecule has 3 rings (SSSR count).